The quantitative estimate of drug-likeness (QED) is 0.631. The van der Waals surface area contributed by atoms with E-state index < -0.39 is 24.6 Å². The molecule has 9 nitrogen and oxygen atoms in total. The highest BCUT2D eigenvalue weighted by Crippen LogP contribution is 2.28. The molecule has 1 heterocycles. The third-order valence-corrected chi connectivity index (χ3v) is 8.78. The van der Waals surface area contributed by atoms with Crippen LogP contribution in [-0.2, 0) is 19.9 Å². The Morgan fingerprint density at radius 1 is 1.00 bits per heavy atom. The first-order chi connectivity index (χ1) is 14.3. The number of hydrogen-bond acceptors (Lipinski definition) is 8. The summed E-state index contributed by atoms with van der Waals surface area (Å²) in [5.74, 6) is 0.620. The Bertz CT molecular complexity index is 1100. The number of sulfonamides is 1. The highest BCUT2D eigenvalue weighted by Gasteiger charge is 2.30. The van der Waals surface area contributed by atoms with Crippen molar-refractivity contribution in [2.24, 2.45) is 5.92 Å². The summed E-state index contributed by atoms with van der Waals surface area (Å²) in [4.78, 5) is 0.232. The van der Waals surface area contributed by atoms with Gasteiger partial charge in [0.2, 0.25) is 15.9 Å². The predicted octanol–water partition coefficient (Wildman–Crippen LogP) is 2.83. The van der Waals surface area contributed by atoms with Crippen LogP contribution in [-0.4, -0.2) is 50.6 Å². The Balaban J connectivity index is 1.51. The third-order valence-electron chi connectivity index (χ3n) is 5.50. The van der Waals surface area contributed by atoms with Gasteiger partial charge in [-0.2, -0.15) is 0 Å². The zero-order chi connectivity index (χ0) is 22.9. The van der Waals surface area contributed by atoms with Crippen molar-refractivity contribution in [3.63, 3.8) is 0 Å². The maximum atomic E-state index is 12.2. The van der Waals surface area contributed by atoms with E-state index in [0.29, 0.717) is 29.9 Å². The fourth-order valence-corrected chi connectivity index (χ4v) is 4.89. The summed E-state index contributed by atoms with van der Waals surface area (Å²) < 4.78 is 55.2. The largest absolute Gasteiger partial charge is 0.403 e. The van der Waals surface area contributed by atoms with Crippen LogP contribution in [0.5, 0.6) is 0 Å². The number of aromatic nitrogens is 2. The molecule has 11 heteroatoms. The van der Waals surface area contributed by atoms with E-state index in [0.717, 1.165) is 31.9 Å². The average molecular weight is 471 g/mol. The van der Waals surface area contributed by atoms with E-state index in [1.807, 2.05) is 0 Å². The first-order valence-electron chi connectivity index (χ1n) is 10.2. The normalized spacial score (nSPS) is 20.5. The summed E-state index contributed by atoms with van der Waals surface area (Å²) in [5.41, 5.74) is 0.641. The summed E-state index contributed by atoms with van der Waals surface area (Å²) in [6, 6.07) is 6.79. The maximum absolute atomic E-state index is 12.2. The summed E-state index contributed by atoms with van der Waals surface area (Å²) in [7, 11) is -6.58. The molecule has 0 unspecified atom stereocenters. The van der Waals surface area contributed by atoms with Crippen LogP contribution in [0.25, 0.3) is 11.5 Å². The average Bonchev–Trinajstić information content (AvgIpc) is 3.14. The van der Waals surface area contributed by atoms with Gasteiger partial charge in [0.1, 0.15) is 0 Å². The molecule has 0 aliphatic heterocycles. The van der Waals surface area contributed by atoms with Crippen LogP contribution in [0.15, 0.2) is 33.6 Å². The standard InChI is InChI=1S/C20H30N4O5S2/c1-20(2,3)31(27,28)21-13-14-5-9-16(10-6-14)22-19-24-23-18(29-19)15-7-11-17(12-8-15)30(4,25)26/h7-8,11-12,14,16,21H,5-6,9-10,13H2,1-4H3,(H,22,24). The van der Waals surface area contributed by atoms with E-state index in [2.05, 4.69) is 20.2 Å². The first kappa shape index (κ1) is 23.7. The lowest BCUT2D eigenvalue weighted by Crippen LogP contribution is -2.42. The van der Waals surface area contributed by atoms with Crippen LogP contribution >= 0.6 is 0 Å². The van der Waals surface area contributed by atoms with Crippen LogP contribution in [0.1, 0.15) is 46.5 Å². The van der Waals surface area contributed by atoms with Gasteiger partial charge in [-0.15, -0.1) is 5.10 Å². The van der Waals surface area contributed by atoms with Crippen LogP contribution in [0.3, 0.4) is 0 Å². The highest BCUT2D eigenvalue weighted by molar-refractivity contribution is 7.91. The van der Waals surface area contributed by atoms with Crippen molar-refractivity contribution in [1.82, 2.24) is 14.9 Å². The molecule has 2 N–H and O–H groups in total. The number of sulfone groups is 1. The lowest BCUT2D eigenvalue weighted by molar-refractivity contribution is 0.333. The molecule has 31 heavy (non-hydrogen) atoms. The van der Waals surface area contributed by atoms with Crippen molar-refractivity contribution in [2.75, 3.05) is 18.1 Å². The number of benzene rings is 1. The maximum Gasteiger partial charge on any atom is 0.315 e. The molecule has 1 aromatic carbocycles. The molecule has 172 valence electrons. The number of nitrogens with one attached hydrogen (secondary N) is 2. The fourth-order valence-electron chi connectivity index (χ4n) is 3.37. The van der Waals surface area contributed by atoms with E-state index in [-0.39, 0.29) is 10.9 Å². The van der Waals surface area contributed by atoms with Crippen molar-refractivity contribution in [3.8, 4) is 11.5 Å². The number of rotatable bonds is 7. The minimum atomic E-state index is -3.33. The van der Waals surface area contributed by atoms with Gasteiger partial charge in [-0.1, -0.05) is 5.10 Å². The SMILES string of the molecule is CC(C)(C)S(=O)(=O)NCC1CCC(Nc2nnc(-c3ccc(S(C)(=O)=O)cc3)o2)CC1. The highest BCUT2D eigenvalue weighted by atomic mass is 32.2. The smallest absolute Gasteiger partial charge is 0.315 e. The molecular weight excluding hydrogens is 440 g/mol. The molecule has 1 aromatic heterocycles. The molecule has 1 aliphatic rings. The summed E-state index contributed by atoms with van der Waals surface area (Å²) in [5, 5.41) is 11.3. The van der Waals surface area contributed by atoms with Gasteiger partial charge in [0, 0.05) is 24.4 Å². The number of hydrogen-bond donors (Lipinski definition) is 2. The van der Waals surface area contributed by atoms with Gasteiger partial charge in [-0.05, 0) is 76.6 Å². The van der Waals surface area contributed by atoms with E-state index >= 15 is 0 Å². The van der Waals surface area contributed by atoms with Crippen LogP contribution in [0, 0.1) is 5.92 Å². The van der Waals surface area contributed by atoms with Crippen molar-refractivity contribution in [3.05, 3.63) is 24.3 Å². The second-order valence-electron chi connectivity index (χ2n) is 9.04. The van der Waals surface area contributed by atoms with E-state index in [1.54, 1.807) is 32.9 Å². The summed E-state index contributed by atoms with van der Waals surface area (Å²) in [6.45, 7) is 5.53. The Labute approximate surface area is 184 Å². The van der Waals surface area contributed by atoms with E-state index in [4.69, 9.17) is 4.42 Å². The molecule has 1 fully saturated rings. The van der Waals surface area contributed by atoms with Gasteiger partial charge in [-0.3, -0.25) is 0 Å². The van der Waals surface area contributed by atoms with Gasteiger partial charge < -0.3 is 9.73 Å². The Kier molecular flexibility index (Phi) is 6.78. The van der Waals surface area contributed by atoms with Crippen molar-refractivity contribution < 1.29 is 21.3 Å². The second-order valence-corrected chi connectivity index (χ2v) is 13.6. The van der Waals surface area contributed by atoms with Crippen LogP contribution < -0.4 is 10.0 Å². The van der Waals surface area contributed by atoms with Gasteiger partial charge in [0.15, 0.2) is 9.84 Å². The van der Waals surface area contributed by atoms with E-state index in [9.17, 15) is 16.8 Å². The Hall–Kier alpha value is -1.98. The lowest BCUT2D eigenvalue weighted by Gasteiger charge is -2.29. The molecule has 1 saturated carbocycles. The van der Waals surface area contributed by atoms with Crippen LogP contribution in [0.2, 0.25) is 0 Å². The van der Waals surface area contributed by atoms with Crippen LogP contribution in [0.4, 0.5) is 6.01 Å². The van der Waals surface area contributed by atoms with Crippen molar-refractivity contribution in [1.29, 1.82) is 0 Å². The molecule has 0 bridgehead atoms. The third kappa shape index (κ3) is 6.05. The van der Waals surface area contributed by atoms with Gasteiger partial charge in [0.05, 0.1) is 9.64 Å². The number of anilines is 1. The van der Waals surface area contributed by atoms with Gasteiger partial charge in [0.25, 0.3) is 0 Å². The monoisotopic (exact) mass is 470 g/mol. The molecule has 3 rings (SSSR count). The zero-order valence-electron chi connectivity index (χ0n) is 18.3. The molecule has 0 spiro atoms. The Morgan fingerprint density at radius 2 is 1.61 bits per heavy atom. The van der Waals surface area contributed by atoms with E-state index in [1.165, 1.54) is 12.1 Å². The Morgan fingerprint density at radius 3 is 2.16 bits per heavy atom. The summed E-state index contributed by atoms with van der Waals surface area (Å²) >= 11 is 0. The molecule has 0 amide bonds. The van der Waals surface area contributed by atoms with Gasteiger partial charge in [-0.25, -0.2) is 21.6 Å². The predicted molar refractivity (Wildman–Crippen MR) is 119 cm³/mol. The molecule has 1 aliphatic carbocycles. The second kappa shape index (κ2) is 8.87. The molecule has 0 radical (unpaired) electrons. The van der Waals surface area contributed by atoms with Crippen molar-refractivity contribution >= 4 is 25.9 Å². The molecule has 0 saturated heterocycles. The topological polar surface area (TPSA) is 131 Å². The molecule has 0 atom stereocenters. The van der Waals surface area contributed by atoms with Gasteiger partial charge >= 0.3 is 6.01 Å². The minimum absolute atomic E-state index is 0.177. The minimum Gasteiger partial charge on any atom is -0.403 e. The summed E-state index contributed by atoms with van der Waals surface area (Å²) in [6.07, 6.45) is 4.72. The number of nitrogens with zero attached hydrogens (tertiary/aromatic N) is 2. The lowest BCUT2D eigenvalue weighted by atomic mass is 9.86. The van der Waals surface area contributed by atoms with Crippen molar-refractivity contribution in [2.45, 2.75) is 62.1 Å². The molecular formula is C20H30N4O5S2. The fraction of sp³-hybridized carbons (Fsp3) is 0.600. The zero-order valence-corrected chi connectivity index (χ0v) is 19.9. The first-order valence-corrected chi connectivity index (χ1v) is 13.6. The molecule has 2 aromatic rings.